The first-order valence-corrected chi connectivity index (χ1v) is 5.55. The lowest BCUT2D eigenvalue weighted by Crippen LogP contribution is -1.92. The molecule has 0 unspecified atom stereocenters. The van der Waals surface area contributed by atoms with E-state index in [4.69, 9.17) is 15.0 Å². The zero-order valence-electron chi connectivity index (χ0n) is 10.2. The molecule has 0 aliphatic heterocycles. The van der Waals surface area contributed by atoms with Crippen LogP contribution in [0.1, 0.15) is 0 Å². The van der Waals surface area contributed by atoms with E-state index in [0.717, 1.165) is 27.8 Å². The summed E-state index contributed by atoms with van der Waals surface area (Å²) < 4.78 is 12.5. The van der Waals surface area contributed by atoms with Crippen LogP contribution in [-0.2, 0) is 7.05 Å². The number of hydrogen-bond donors (Lipinski definition) is 1. The van der Waals surface area contributed by atoms with Gasteiger partial charge in [0.05, 0.1) is 24.4 Å². The van der Waals surface area contributed by atoms with Gasteiger partial charge in [-0.25, -0.2) is 0 Å². The topological polar surface area (TPSA) is 66.2 Å². The van der Waals surface area contributed by atoms with Crippen molar-refractivity contribution in [2.75, 3.05) is 12.8 Å². The van der Waals surface area contributed by atoms with E-state index in [1.165, 1.54) is 0 Å². The number of rotatable bonds is 2. The van der Waals surface area contributed by atoms with Crippen LogP contribution in [0.25, 0.3) is 22.0 Å². The van der Waals surface area contributed by atoms with E-state index in [2.05, 4.69) is 5.16 Å². The van der Waals surface area contributed by atoms with Gasteiger partial charge in [-0.05, 0) is 18.2 Å². The van der Waals surface area contributed by atoms with Gasteiger partial charge in [0.2, 0.25) is 5.88 Å². The van der Waals surface area contributed by atoms with E-state index in [0.29, 0.717) is 5.88 Å². The number of nitrogens with zero attached hydrogens (tertiary/aromatic N) is 2. The van der Waals surface area contributed by atoms with E-state index in [-0.39, 0.29) is 0 Å². The standard InChI is InChI=1S/C13H13N3O2/c1-16-6-5-9-11(16)4-3-8(12(9)17-2)10-7-15-18-13(10)14/h3-7H,14H2,1-2H3. The summed E-state index contributed by atoms with van der Waals surface area (Å²) in [6, 6.07) is 6.01. The monoisotopic (exact) mass is 243 g/mol. The summed E-state index contributed by atoms with van der Waals surface area (Å²) in [6.45, 7) is 0. The molecule has 0 radical (unpaired) electrons. The van der Waals surface area contributed by atoms with Crippen molar-refractivity contribution in [3.8, 4) is 16.9 Å². The zero-order chi connectivity index (χ0) is 12.7. The Bertz CT molecular complexity index is 712. The van der Waals surface area contributed by atoms with Gasteiger partial charge in [0.15, 0.2) is 0 Å². The Morgan fingerprint density at radius 2 is 2.11 bits per heavy atom. The number of aromatic nitrogens is 2. The summed E-state index contributed by atoms with van der Waals surface area (Å²) >= 11 is 0. The van der Waals surface area contributed by atoms with Crippen molar-refractivity contribution in [2.45, 2.75) is 0 Å². The molecule has 0 spiro atoms. The molecule has 18 heavy (non-hydrogen) atoms. The maximum absolute atomic E-state index is 5.76. The van der Waals surface area contributed by atoms with E-state index < -0.39 is 0 Å². The van der Waals surface area contributed by atoms with Crippen molar-refractivity contribution in [3.05, 3.63) is 30.6 Å². The molecule has 5 nitrogen and oxygen atoms in total. The van der Waals surface area contributed by atoms with Crippen LogP contribution in [0.15, 0.2) is 35.1 Å². The third kappa shape index (κ3) is 1.37. The van der Waals surface area contributed by atoms with E-state index in [9.17, 15) is 0 Å². The first-order valence-electron chi connectivity index (χ1n) is 5.55. The fourth-order valence-corrected chi connectivity index (χ4v) is 2.21. The summed E-state index contributed by atoms with van der Waals surface area (Å²) in [5.41, 5.74) is 8.49. The molecule has 0 aliphatic carbocycles. The second kappa shape index (κ2) is 3.80. The summed E-state index contributed by atoms with van der Waals surface area (Å²) in [6.07, 6.45) is 3.59. The lowest BCUT2D eigenvalue weighted by atomic mass is 10.0. The minimum absolute atomic E-state index is 0.295. The van der Waals surface area contributed by atoms with Crippen LogP contribution in [0.3, 0.4) is 0 Å². The molecule has 5 heteroatoms. The highest BCUT2D eigenvalue weighted by molar-refractivity contribution is 5.95. The van der Waals surface area contributed by atoms with Gasteiger partial charge >= 0.3 is 0 Å². The number of anilines is 1. The summed E-state index contributed by atoms with van der Waals surface area (Å²) in [5, 5.41) is 4.74. The number of ether oxygens (including phenoxy) is 1. The van der Waals surface area contributed by atoms with Crippen LogP contribution < -0.4 is 10.5 Å². The molecular formula is C13H13N3O2. The van der Waals surface area contributed by atoms with Gasteiger partial charge < -0.3 is 19.6 Å². The Morgan fingerprint density at radius 3 is 2.78 bits per heavy atom. The molecule has 0 amide bonds. The highest BCUT2D eigenvalue weighted by Crippen LogP contribution is 2.39. The van der Waals surface area contributed by atoms with Crippen LogP contribution >= 0.6 is 0 Å². The highest BCUT2D eigenvalue weighted by Gasteiger charge is 2.16. The molecule has 0 bridgehead atoms. The third-order valence-electron chi connectivity index (χ3n) is 3.11. The first-order chi connectivity index (χ1) is 8.72. The smallest absolute Gasteiger partial charge is 0.230 e. The maximum Gasteiger partial charge on any atom is 0.230 e. The molecule has 2 N–H and O–H groups in total. The Labute approximate surface area is 104 Å². The molecule has 0 atom stereocenters. The predicted molar refractivity (Wildman–Crippen MR) is 69.4 cm³/mol. The normalized spacial score (nSPS) is 11.0. The van der Waals surface area contributed by atoms with Crippen LogP contribution in [0.2, 0.25) is 0 Å². The van der Waals surface area contributed by atoms with Crippen molar-refractivity contribution in [1.82, 2.24) is 9.72 Å². The van der Waals surface area contributed by atoms with Crippen molar-refractivity contribution in [3.63, 3.8) is 0 Å². The fourth-order valence-electron chi connectivity index (χ4n) is 2.21. The first kappa shape index (κ1) is 10.7. The third-order valence-corrected chi connectivity index (χ3v) is 3.11. The number of benzene rings is 1. The maximum atomic E-state index is 5.76. The molecule has 0 saturated carbocycles. The Balaban J connectivity index is 2.34. The van der Waals surface area contributed by atoms with E-state index in [1.54, 1.807) is 13.3 Å². The van der Waals surface area contributed by atoms with Gasteiger partial charge in [0, 0.05) is 24.2 Å². The van der Waals surface area contributed by atoms with Crippen LogP contribution in [0.4, 0.5) is 5.88 Å². The molecule has 0 saturated heterocycles. The summed E-state index contributed by atoms with van der Waals surface area (Å²) in [5.74, 6) is 1.08. The molecule has 92 valence electrons. The minimum atomic E-state index is 0.295. The van der Waals surface area contributed by atoms with Crippen molar-refractivity contribution < 1.29 is 9.26 Å². The molecule has 2 aromatic heterocycles. The van der Waals surface area contributed by atoms with Crippen molar-refractivity contribution >= 4 is 16.8 Å². The molecule has 1 aromatic carbocycles. The number of aryl methyl sites for hydroxylation is 1. The summed E-state index contributed by atoms with van der Waals surface area (Å²) in [7, 11) is 3.64. The molecule has 2 heterocycles. The average Bonchev–Trinajstić information content (AvgIpc) is 2.95. The number of fused-ring (bicyclic) bond motifs is 1. The average molecular weight is 243 g/mol. The van der Waals surface area contributed by atoms with E-state index in [1.807, 2.05) is 36.0 Å². The van der Waals surface area contributed by atoms with Gasteiger partial charge in [-0.1, -0.05) is 5.16 Å². The fraction of sp³-hybridized carbons (Fsp3) is 0.154. The highest BCUT2D eigenvalue weighted by atomic mass is 16.5. The largest absolute Gasteiger partial charge is 0.495 e. The van der Waals surface area contributed by atoms with Gasteiger partial charge in [0.1, 0.15) is 5.75 Å². The summed E-state index contributed by atoms with van der Waals surface area (Å²) in [4.78, 5) is 0. The number of nitrogens with two attached hydrogens (primary N) is 1. The Morgan fingerprint density at radius 1 is 1.28 bits per heavy atom. The van der Waals surface area contributed by atoms with Crippen LogP contribution in [-0.4, -0.2) is 16.8 Å². The SMILES string of the molecule is COc1c(-c2cnoc2N)ccc2c1ccn2C. The number of methoxy groups -OCH3 is 1. The van der Waals surface area contributed by atoms with Crippen LogP contribution in [0.5, 0.6) is 5.75 Å². The number of hydrogen-bond acceptors (Lipinski definition) is 4. The second-order valence-electron chi connectivity index (χ2n) is 4.11. The van der Waals surface area contributed by atoms with Gasteiger partial charge in [-0.15, -0.1) is 0 Å². The Kier molecular flexibility index (Phi) is 2.26. The lowest BCUT2D eigenvalue weighted by Gasteiger charge is -2.09. The van der Waals surface area contributed by atoms with Gasteiger partial charge in [-0.2, -0.15) is 0 Å². The Hall–Kier alpha value is -2.43. The second-order valence-corrected chi connectivity index (χ2v) is 4.11. The van der Waals surface area contributed by atoms with Gasteiger partial charge in [0.25, 0.3) is 0 Å². The lowest BCUT2D eigenvalue weighted by molar-refractivity contribution is 0.421. The van der Waals surface area contributed by atoms with Crippen molar-refractivity contribution in [2.24, 2.45) is 7.05 Å². The number of nitrogen functional groups attached to an aromatic ring is 1. The van der Waals surface area contributed by atoms with Crippen molar-refractivity contribution in [1.29, 1.82) is 0 Å². The molecule has 3 rings (SSSR count). The van der Waals surface area contributed by atoms with Gasteiger partial charge in [-0.3, -0.25) is 0 Å². The predicted octanol–water partition coefficient (Wildman–Crippen LogP) is 2.42. The molecular weight excluding hydrogens is 230 g/mol. The minimum Gasteiger partial charge on any atom is -0.495 e. The molecule has 0 aliphatic rings. The van der Waals surface area contributed by atoms with Crippen LogP contribution in [0, 0.1) is 0 Å². The zero-order valence-corrected chi connectivity index (χ0v) is 10.2. The molecule has 3 aromatic rings. The van der Waals surface area contributed by atoms with E-state index >= 15 is 0 Å². The quantitative estimate of drug-likeness (QED) is 0.750. The molecule has 0 fully saturated rings.